The molecule has 0 radical (unpaired) electrons. The van der Waals surface area contributed by atoms with E-state index in [1.165, 1.54) is 11.3 Å². The van der Waals surface area contributed by atoms with Gasteiger partial charge in [-0.2, -0.15) is 10.2 Å². The molecule has 4 aromatic rings. The van der Waals surface area contributed by atoms with E-state index in [4.69, 9.17) is 0 Å². The Labute approximate surface area is 177 Å². The number of aromatic amines is 1. The van der Waals surface area contributed by atoms with Crippen LogP contribution in [-0.2, 0) is 0 Å². The highest BCUT2D eigenvalue weighted by molar-refractivity contribution is 7.12. The van der Waals surface area contributed by atoms with Gasteiger partial charge in [-0.3, -0.25) is 14.8 Å². The van der Waals surface area contributed by atoms with Crippen molar-refractivity contribution in [3.63, 3.8) is 0 Å². The van der Waals surface area contributed by atoms with Crippen molar-refractivity contribution in [3.8, 4) is 22.3 Å². The lowest BCUT2D eigenvalue weighted by Crippen LogP contribution is -2.38. The normalized spacial score (nSPS) is 17.2. The molecule has 0 spiro atoms. The molecular formula is C21H23N7OS. The molecule has 1 aliphatic heterocycles. The van der Waals surface area contributed by atoms with Crippen LogP contribution in [-0.4, -0.2) is 60.8 Å². The van der Waals surface area contributed by atoms with Crippen molar-refractivity contribution in [2.75, 3.05) is 13.1 Å². The van der Waals surface area contributed by atoms with Gasteiger partial charge in [0.25, 0.3) is 5.91 Å². The number of nitrogens with one attached hydrogen (secondary N) is 2. The van der Waals surface area contributed by atoms with E-state index in [-0.39, 0.29) is 11.9 Å². The summed E-state index contributed by atoms with van der Waals surface area (Å²) in [4.78, 5) is 20.4. The van der Waals surface area contributed by atoms with Gasteiger partial charge in [0.2, 0.25) is 0 Å². The minimum Gasteiger partial charge on any atom is -0.347 e. The van der Waals surface area contributed by atoms with Crippen molar-refractivity contribution in [3.05, 3.63) is 47.3 Å². The Kier molecular flexibility index (Phi) is 4.84. The maximum Gasteiger partial charge on any atom is 0.261 e. The van der Waals surface area contributed by atoms with Crippen molar-refractivity contribution in [2.45, 2.75) is 32.4 Å². The lowest BCUT2D eigenvalue weighted by Gasteiger charge is -2.20. The first-order valence-electron chi connectivity index (χ1n) is 10.0. The molecule has 1 fully saturated rings. The van der Waals surface area contributed by atoms with Crippen LogP contribution in [0.1, 0.15) is 29.9 Å². The Hall–Kier alpha value is -3.04. The van der Waals surface area contributed by atoms with E-state index in [1.54, 1.807) is 16.9 Å². The number of likely N-dealkylation sites (tertiary alicyclic amines) is 1. The predicted molar refractivity (Wildman–Crippen MR) is 116 cm³/mol. The van der Waals surface area contributed by atoms with E-state index >= 15 is 0 Å². The Morgan fingerprint density at radius 3 is 2.93 bits per heavy atom. The van der Waals surface area contributed by atoms with E-state index in [0.29, 0.717) is 10.9 Å². The highest BCUT2D eigenvalue weighted by Gasteiger charge is 2.26. The van der Waals surface area contributed by atoms with E-state index < -0.39 is 0 Å². The maximum atomic E-state index is 12.7. The fraction of sp³-hybridized carbons (Fsp3) is 0.333. The van der Waals surface area contributed by atoms with Crippen LogP contribution in [0.15, 0.2) is 42.4 Å². The highest BCUT2D eigenvalue weighted by atomic mass is 32.1. The van der Waals surface area contributed by atoms with Gasteiger partial charge in [-0.15, -0.1) is 11.3 Å². The highest BCUT2D eigenvalue weighted by Crippen LogP contribution is 2.29. The molecule has 4 aromatic heterocycles. The van der Waals surface area contributed by atoms with Crippen molar-refractivity contribution < 1.29 is 4.79 Å². The molecule has 0 aliphatic carbocycles. The molecule has 2 N–H and O–H groups in total. The first-order chi connectivity index (χ1) is 14.6. The zero-order valence-corrected chi connectivity index (χ0v) is 17.7. The molecule has 0 saturated carbocycles. The molecule has 1 amide bonds. The minimum absolute atomic E-state index is 0.00599. The fourth-order valence-corrected chi connectivity index (χ4v) is 4.67. The second kappa shape index (κ2) is 7.66. The number of fused-ring (bicyclic) bond motifs is 1. The van der Waals surface area contributed by atoms with Gasteiger partial charge in [-0.05, 0) is 37.3 Å². The number of nitrogens with zero attached hydrogens (tertiary/aromatic N) is 5. The van der Waals surface area contributed by atoms with Crippen LogP contribution in [0.4, 0.5) is 0 Å². The molecule has 154 valence electrons. The zero-order chi connectivity index (χ0) is 20.7. The summed E-state index contributed by atoms with van der Waals surface area (Å²) in [6.07, 6.45) is 10.1. The smallest absolute Gasteiger partial charge is 0.261 e. The summed E-state index contributed by atoms with van der Waals surface area (Å²) in [5.41, 5.74) is 4.52. The summed E-state index contributed by atoms with van der Waals surface area (Å²) in [6, 6.07) is 2.65. The largest absolute Gasteiger partial charge is 0.347 e. The molecule has 0 unspecified atom stereocenters. The number of thiophene rings is 1. The number of carbonyl (C=O) groups is 1. The first-order valence-corrected chi connectivity index (χ1v) is 10.9. The van der Waals surface area contributed by atoms with Gasteiger partial charge in [0.1, 0.15) is 0 Å². The van der Waals surface area contributed by atoms with Crippen LogP contribution in [0.2, 0.25) is 0 Å². The standard InChI is InChI=1S/C21H23N7OS/c1-13(2)27-4-3-17(11-27)26-21(29)19-5-14(12-30-19)18-9-25-28-10-16(6-22-20(18)28)15-7-23-24-8-15/h5-10,12-13,17H,3-4,11H2,1-2H3,(H,23,24)(H,26,29)/t17-/m1/s1. The van der Waals surface area contributed by atoms with Gasteiger partial charge in [-0.25, -0.2) is 9.50 Å². The molecule has 5 heterocycles. The van der Waals surface area contributed by atoms with Crippen LogP contribution >= 0.6 is 11.3 Å². The Morgan fingerprint density at radius 1 is 1.27 bits per heavy atom. The van der Waals surface area contributed by atoms with Crippen molar-refractivity contribution >= 4 is 22.9 Å². The van der Waals surface area contributed by atoms with Crippen molar-refractivity contribution in [1.82, 2.24) is 35.0 Å². The Balaban J connectivity index is 1.34. The molecule has 1 aliphatic rings. The van der Waals surface area contributed by atoms with Crippen LogP contribution in [0.3, 0.4) is 0 Å². The molecular weight excluding hydrogens is 398 g/mol. The third-order valence-electron chi connectivity index (χ3n) is 5.61. The number of hydrogen-bond donors (Lipinski definition) is 2. The summed E-state index contributed by atoms with van der Waals surface area (Å²) >= 11 is 1.45. The molecule has 9 heteroatoms. The van der Waals surface area contributed by atoms with Gasteiger partial charge >= 0.3 is 0 Å². The van der Waals surface area contributed by atoms with Crippen LogP contribution < -0.4 is 5.32 Å². The summed E-state index contributed by atoms with van der Waals surface area (Å²) < 4.78 is 1.76. The minimum atomic E-state index is -0.00599. The average Bonchev–Trinajstić information content (AvgIpc) is 3.53. The molecule has 0 aromatic carbocycles. The molecule has 0 bridgehead atoms. The van der Waals surface area contributed by atoms with E-state index in [2.05, 4.69) is 44.3 Å². The van der Waals surface area contributed by atoms with E-state index in [1.807, 2.05) is 30.0 Å². The summed E-state index contributed by atoms with van der Waals surface area (Å²) in [5, 5.41) is 16.4. The second-order valence-corrected chi connectivity index (χ2v) is 8.81. The summed E-state index contributed by atoms with van der Waals surface area (Å²) in [5.74, 6) is -0.00599. The van der Waals surface area contributed by atoms with Crippen LogP contribution in [0.5, 0.6) is 0 Å². The van der Waals surface area contributed by atoms with Gasteiger partial charge in [-0.1, -0.05) is 0 Å². The van der Waals surface area contributed by atoms with Gasteiger partial charge in [0.15, 0.2) is 5.65 Å². The Morgan fingerprint density at radius 2 is 2.17 bits per heavy atom. The quantitative estimate of drug-likeness (QED) is 0.517. The molecule has 1 saturated heterocycles. The monoisotopic (exact) mass is 421 g/mol. The number of amides is 1. The van der Waals surface area contributed by atoms with Gasteiger partial charge < -0.3 is 5.32 Å². The van der Waals surface area contributed by atoms with Crippen LogP contribution in [0.25, 0.3) is 27.9 Å². The molecule has 5 rings (SSSR count). The number of H-pyrrole nitrogens is 1. The van der Waals surface area contributed by atoms with Gasteiger partial charge in [0.05, 0.1) is 17.3 Å². The van der Waals surface area contributed by atoms with Crippen molar-refractivity contribution in [1.29, 1.82) is 0 Å². The third-order valence-corrected chi connectivity index (χ3v) is 6.54. The topological polar surface area (TPSA) is 91.2 Å². The van der Waals surface area contributed by atoms with Crippen LogP contribution in [0, 0.1) is 0 Å². The summed E-state index contributed by atoms with van der Waals surface area (Å²) in [6.45, 7) is 6.34. The SMILES string of the molecule is CC(C)N1CC[C@@H](NC(=O)c2cc(-c3cnn4cc(-c5cn[nH]c5)cnc34)cs2)C1. The lowest BCUT2D eigenvalue weighted by molar-refractivity contribution is 0.0941. The fourth-order valence-electron chi connectivity index (χ4n) is 3.86. The number of carbonyl (C=O) groups excluding carboxylic acids is 1. The molecule has 8 nitrogen and oxygen atoms in total. The number of hydrogen-bond acceptors (Lipinski definition) is 6. The average molecular weight is 422 g/mol. The lowest BCUT2D eigenvalue weighted by atomic mass is 10.1. The molecule has 1 atom stereocenters. The Bertz CT molecular complexity index is 1180. The van der Waals surface area contributed by atoms with Crippen molar-refractivity contribution in [2.24, 2.45) is 0 Å². The third kappa shape index (κ3) is 3.50. The van der Waals surface area contributed by atoms with E-state index in [9.17, 15) is 4.79 Å². The predicted octanol–water partition coefficient (Wildman–Crippen LogP) is 3.06. The summed E-state index contributed by atoms with van der Waals surface area (Å²) in [7, 11) is 0. The second-order valence-electron chi connectivity index (χ2n) is 7.90. The first kappa shape index (κ1) is 19.0. The number of aromatic nitrogens is 5. The van der Waals surface area contributed by atoms with Gasteiger partial charge in [0, 0.05) is 60.5 Å². The zero-order valence-electron chi connectivity index (χ0n) is 16.9. The molecule has 30 heavy (non-hydrogen) atoms. The van der Waals surface area contributed by atoms with E-state index in [0.717, 1.165) is 47.4 Å². The number of rotatable bonds is 5. The maximum absolute atomic E-state index is 12.7.